The number of carbonyl (C=O) groups is 1. The van der Waals surface area contributed by atoms with E-state index in [0.717, 1.165) is 0 Å². The first kappa shape index (κ1) is 11.5. The Kier molecular flexibility index (Phi) is 3.35. The Morgan fingerprint density at radius 2 is 2.12 bits per heavy atom. The third kappa shape index (κ3) is 3.01. The molecule has 0 aliphatic carbocycles. The number of aromatic nitrogens is 2. The lowest BCUT2D eigenvalue weighted by Gasteiger charge is -2.04. The van der Waals surface area contributed by atoms with Gasteiger partial charge in [0.15, 0.2) is 5.78 Å². The van der Waals surface area contributed by atoms with Gasteiger partial charge in [-0.15, -0.1) is 0 Å². The number of ether oxygens (including phenoxy) is 1. The molecular formula is C12H9ClN2O2. The standard InChI is InChI=1S/C12H9ClN2O2/c1-8(16)9-2-3-12(15-5-9)17-11-4-10(13)6-14-7-11/h2-7H,1H3. The Morgan fingerprint density at radius 3 is 2.71 bits per heavy atom. The van der Waals surface area contributed by atoms with Crippen LogP contribution in [0.1, 0.15) is 17.3 Å². The zero-order chi connectivity index (χ0) is 12.3. The molecule has 2 aromatic heterocycles. The van der Waals surface area contributed by atoms with Crippen molar-refractivity contribution in [3.05, 3.63) is 47.4 Å². The van der Waals surface area contributed by atoms with Gasteiger partial charge in [0.2, 0.25) is 5.88 Å². The summed E-state index contributed by atoms with van der Waals surface area (Å²) < 4.78 is 5.42. The topological polar surface area (TPSA) is 52.1 Å². The summed E-state index contributed by atoms with van der Waals surface area (Å²) >= 11 is 5.77. The molecule has 4 nitrogen and oxygen atoms in total. The fraction of sp³-hybridized carbons (Fsp3) is 0.0833. The van der Waals surface area contributed by atoms with Crippen LogP contribution in [-0.4, -0.2) is 15.8 Å². The van der Waals surface area contributed by atoms with Crippen molar-refractivity contribution < 1.29 is 9.53 Å². The predicted octanol–water partition coefficient (Wildman–Crippen LogP) is 3.12. The summed E-state index contributed by atoms with van der Waals surface area (Å²) in [5, 5.41) is 0.489. The minimum absolute atomic E-state index is 0.0338. The predicted molar refractivity (Wildman–Crippen MR) is 63.6 cm³/mol. The van der Waals surface area contributed by atoms with Crippen LogP contribution in [0.5, 0.6) is 11.6 Å². The van der Waals surface area contributed by atoms with Gasteiger partial charge in [-0.1, -0.05) is 11.6 Å². The van der Waals surface area contributed by atoms with Crippen LogP contribution in [0, 0.1) is 0 Å². The lowest BCUT2D eigenvalue weighted by Crippen LogP contribution is -1.94. The summed E-state index contributed by atoms with van der Waals surface area (Å²) in [5.41, 5.74) is 0.543. The average Bonchev–Trinajstić information content (AvgIpc) is 2.29. The Bertz CT molecular complexity index is 540. The number of Topliss-reactive ketones (excluding diaryl/α,β-unsaturated/α-hetero) is 1. The third-order valence-electron chi connectivity index (χ3n) is 2.05. The summed E-state index contributed by atoms with van der Waals surface area (Å²) in [6.45, 7) is 1.48. The van der Waals surface area contributed by atoms with E-state index in [1.54, 1.807) is 18.2 Å². The van der Waals surface area contributed by atoms with Crippen molar-refractivity contribution in [2.24, 2.45) is 0 Å². The number of carbonyl (C=O) groups excluding carboxylic acids is 1. The molecule has 5 heteroatoms. The molecule has 2 heterocycles. The normalized spacial score (nSPS) is 10.0. The molecule has 0 unspecified atom stereocenters. The Balaban J connectivity index is 2.16. The summed E-state index contributed by atoms with van der Waals surface area (Å²) in [4.78, 5) is 18.9. The van der Waals surface area contributed by atoms with Gasteiger partial charge >= 0.3 is 0 Å². The van der Waals surface area contributed by atoms with Crippen molar-refractivity contribution in [1.82, 2.24) is 9.97 Å². The first-order valence-corrected chi connectivity index (χ1v) is 5.28. The molecule has 2 rings (SSSR count). The molecule has 0 aliphatic rings. The van der Waals surface area contributed by atoms with Crippen LogP contribution in [-0.2, 0) is 0 Å². The van der Waals surface area contributed by atoms with Gasteiger partial charge in [-0.05, 0) is 13.0 Å². The molecule has 0 fully saturated rings. The van der Waals surface area contributed by atoms with Crippen LogP contribution in [0.15, 0.2) is 36.8 Å². The van der Waals surface area contributed by atoms with Gasteiger partial charge in [-0.2, -0.15) is 0 Å². The highest BCUT2D eigenvalue weighted by Gasteiger charge is 2.02. The number of halogens is 1. The fourth-order valence-electron chi connectivity index (χ4n) is 1.22. The molecule has 0 aliphatic heterocycles. The summed E-state index contributed by atoms with van der Waals surface area (Å²) in [5.74, 6) is 0.855. The van der Waals surface area contributed by atoms with E-state index in [1.807, 2.05) is 0 Å². The maximum absolute atomic E-state index is 11.1. The summed E-state index contributed by atoms with van der Waals surface area (Å²) in [6.07, 6.45) is 4.52. The van der Waals surface area contributed by atoms with Gasteiger partial charge in [0.25, 0.3) is 0 Å². The number of hydrogen-bond acceptors (Lipinski definition) is 4. The largest absolute Gasteiger partial charge is 0.437 e. The zero-order valence-corrected chi connectivity index (χ0v) is 9.81. The second kappa shape index (κ2) is 4.93. The van der Waals surface area contributed by atoms with Gasteiger partial charge in [-0.25, -0.2) is 4.98 Å². The smallest absolute Gasteiger partial charge is 0.219 e. The lowest BCUT2D eigenvalue weighted by molar-refractivity contribution is 0.101. The molecule has 0 saturated heterocycles. The van der Waals surface area contributed by atoms with Crippen molar-refractivity contribution in [1.29, 1.82) is 0 Å². The number of nitrogens with zero attached hydrogens (tertiary/aromatic N) is 2. The Morgan fingerprint density at radius 1 is 1.29 bits per heavy atom. The maximum atomic E-state index is 11.1. The first-order chi connectivity index (χ1) is 8.15. The molecule has 0 bridgehead atoms. The molecule has 2 aromatic rings. The van der Waals surface area contributed by atoms with Crippen LogP contribution < -0.4 is 4.74 Å². The van der Waals surface area contributed by atoms with Crippen LogP contribution in [0.2, 0.25) is 5.02 Å². The molecule has 0 aromatic carbocycles. The van der Waals surface area contributed by atoms with Crippen LogP contribution >= 0.6 is 11.6 Å². The Labute approximate surface area is 103 Å². The Hall–Kier alpha value is -1.94. The van der Waals surface area contributed by atoms with Gasteiger partial charge in [0, 0.05) is 30.1 Å². The third-order valence-corrected chi connectivity index (χ3v) is 2.25. The second-order valence-electron chi connectivity index (χ2n) is 3.38. The number of hydrogen-bond donors (Lipinski definition) is 0. The van der Waals surface area contributed by atoms with Gasteiger partial charge in [0.1, 0.15) is 5.75 Å². The highest BCUT2D eigenvalue weighted by molar-refractivity contribution is 6.30. The SMILES string of the molecule is CC(=O)c1ccc(Oc2cncc(Cl)c2)nc1. The highest BCUT2D eigenvalue weighted by Crippen LogP contribution is 2.21. The van der Waals surface area contributed by atoms with E-state index in [0.29, 0.717) is 22.2 Å². The molecule has 0 amide bonds. The zero-order valence-electron chi connectivity index (χ0n) is 9.05. The monoisotopic (exact) mass is 248 g/mol. The van der Waals surface area contributed by atoms with Crippen molar-refractivity contribution in [3.63, 3.8) is 0 Å². The fourth-order valence-corrected chi connectivity index (χ4v) is 1.38. The second-order valence-corrected chi connectivity index (χ2v) is 3.82. The van der Waals surface area contributed by atoms with E-state index in [4.69, 9.17) is 16.3 Å². The van der Waals surface area contributed by atoms with Crippen molar-refractivity contribution in [3.8, 4) is 11.6 Å². The van der Waals surface area contributed by atoms with E-state index in [1.165, 1.54) is 25.5 Å². The van der Waals surface area contributed by atoms with E-state index in [-0.39, 0.29) is 5.78 Å². The lowest BCUT2D eigenvalue weighted by atomic mass is 10.2. The first-order valence-electron chi connectivity index (χ1n) is 4.90. The summed E-state index contributed by atoms with van der Waals surface area (Å²) in [7, 11) is 0. The highest BCUT2D eigenvalue weighted by atomic mass is 35.5. The summed E-state index contributed by atoms with van der Waals surface area (Å²) in [6, 6.07) is 4.91. The van der Waals surface area contributed by atoms with E-state index >= 15 is 0 Å². The minimum atomic E-state index is -0.0338. The maximum Gasteiger partial charge on any atom is 0.219 e. The number of rotatable bonds is 3. The van der Waals surface area contributed by atoms with Crippen molar-refractivity contribution >= 4 is 17.4 Å². The van der Waals surface area contributed by atoms with E-state index in [2.05, 4.69) is 9.97 Å². The minimum Gasteiger partial charge on any atom is -0.437 e. The molecule has 0 atom stereocenters. The molecule has 0 N–H and O–H groups in total. The van der Waals surface area contributed by atoms with Crippen LogP contribution in [0.3, 0.4) is 0 Å². The van der Waals surface area contributed by atoms with Gasteiger partial charge < -0.3 is 4.74 Å². The molecular weight excluding hydrogens is 240 g/mol. The number of pyridine rings is 2. The quantitative estimate of drug-likeness (QED) is 0.783. The van der Waals surface area contributed by atoms with Crippen LogP contribution in [0.25, 0.3) is 0 Å². The molecule has 0 radical (unpaired) electrons. The average molecular weight is 249 g/mol. The van der Waals surface area contributed by atoms with Crippen molar-refractivity contribution in [2.45, 2.75) is 6.92 Å². The van der Waals surface area contributed by atoms with Gasteiger partial charge in [-0.3, -0.25) is 9.78 Å². The molecule has 0 spiro atoms. The molecule has 0 saturated carbocycles. The molecule has 17 heavy (non-hydrogen) atoms. The molecule has 86 valence electrons. The van der Waals surface area contributed by atoms with Gasteiger partial charge in [0.05, 0.1) is 11.2 Å². The van der Waals surface area contributed by atoms with Crippen LogP contribution in [0.4, 0.5) is 0 Å². The van der Waals surface area contributed by atoms with E-state index in [9.17, 15) is 4.79 Å². The van der Waals surface area contributed by atoms with E-state index < -0.39 is 0 Å². The number of ketones is 1. The van der Waals surface area contributed by atoms with Crippen molar-refractivity contribution in [2.75, 3.05) is 0 Å².